The molecule has 1 saturated carbocycles. The zero-order chi connectivity index (χ0) is 11.0. The molecule has 1 aromatic heterocycles. The van der Waals surface area contributed by atoms with Crippen molar-refractivity contribution in [2.45, 2.75) is 45.6 Å². The predicted octanol–water partition coefficient (Wildman–Crippen LogP) is 2.47. The third-order valence-electron chi connectivity index (χ3n) is 2.43. The van der Waals surface area contributed by atoms with E-state index in [-0.39, 0.29) is 5.91 Å². The summed E-state index contributed by atoms with van der Waals surface area (Å²) in [6.45, 7) is 6.10. The van der Waals surface area contributed by atoms with Crippen LogP contribution < -0.4 is 5.32 Å². The fraction of sp³-hybridized carbons (Fsp3) is 0.636. The van der Waals surface area contributed by atoms with Crippen molar-refractivity contribution in [2.24, 2.45) is 0 Å². The van der Waals surface area contributed by atoms with Gasteiger partial charge in [0.1, 0.15) is 4.88 Å². The molecule has 4 heteroatoms. The lowest BCUT2D eigenvalue weighted by atomic mass is 10.2. The number of thiazole rings is 1. The third-order valence-corrected chi connectivity index (χ3v) is 3.88. The van der Waals surface area contributed by atoms with Gasteiger partial charge in [0.2, 0.25) is 0 Å². The molecule has 0 unspecified atom stereocenters. The van der Waals surface area contributed by atoms with Gasteiger partial charge in [0.15, 0.2) is 0 Å². The Hall–Kier alpha value is -0.900. The highest BCUT2D eigenvalue weighted by molar-refractivity contribution is 7.13. The number of nitrogens with one attached hydrogen (secondary N) is 1. The highest BCUT2D eigenvalue weighted by Crippen LogP contribution is 2.26. The van der Waals surface area contributed by atoms with Gasteiger partial charge in [-0.15, -0.1) is 11.3 Å². The topological polar surface area (TPSA) is 42.0 Å². The lowest BCUT2D eigenvalue weighted by Crippen LogP contribution is -2.25. The van der Waals surface area contributed by atoms with Crippen molar-refractivity contribution < 1.29 is 4.79 Å². The number of carbonyl (C=O) groups is 1. The molecule has 1 aromatic rings. The van der Waals surface area contributed by atoms with Crippen molar-refractivity contribution in [3.05, 3.63) is 15.6 Å². The molecule has 0 radical (unpaired) electrons. The quantitative estimate of drug-likeness (QED) is 0.857. The number of aromatic nitrogens is 1. The van der Waals surface area contributed by atoms with Crippen LogP contribution in [0.3, 0.4) is 0 Å². The first-order valence-electron chi connectivity index (χ1n) is 5.36. The Morgan fingerprint density at radius 1 is 1.53 bits per heavy atom. The molecular weight excluding hydrogens is 208 g/mol. The number of carbonyl (C=O) groups excluding carboxylic acids is 1. The molecule has 0 spiro atoms. The fourth-order valence-corrected chi connectivity index (χ4v) is 2.33. The first-order chi connectivity index (χ1) is 7.08. The molecule has 2 rings (SSSR count). The molecule has 3 nitrogen and oxygen atoms in total. The Balaban J connectivity index is 2.15. The van der Waals surface area contributed by atoms with Gasteiger partial charge in [0.25, 0.3) is 5.91 Å². The molecule has 0 atom stereocenters. The number of hydrogen-bond acceptors (Lipinski definition) is 3. The summed E-state index contributed by atoms with van der Waals surface area (Å²) in [6.07, 6.45) is 2.25. The highest BCUT2D eigenvalue weighted by atomic mass is 32.1. The van der Waals surface area contributed by atoms with Crippen molar-refractivity contribution in [3.63, 3.8) is 0 Å². The summed E-state index contributed by atoms with van der Waals surface area (Å²) in [4.78, 5) is 17.0. The SMILES string of the molecule is Cc1nc(C(C)C)sc1C(=O)NC1CC1. The van der Waals surface area contributed by atoms with Gasteiger partial charge in [-0.3, -0.25) is 4.79 Å². The van der Waals surface area contributed by atoms with Crippen molar-refractivity contribution in [1.29, 1.82) is 0 Å². The van der Waals surface area contributed by atoms with Crippen molar-refractivity contribution in [1.82, 2.24) is 10.3 Å². The van der Waals surface area contributed by atoms with Crippen molar-refractivity contribution >= 4 is 17.2 Å². The zero-order valence-electron chi connectivity index (χ0n) is 9.33. The maximum Gasteiger partial charge on any atom is 0.263 e. The van der Waals surface area contributed by atoms with Gasteiger partial charge in [0, 0.05) is 12.0 Å². The van der Waals surface area contributed by atoms with Gasteiger partial charge in [-0.05, 0) is 19.8 Å². The van der Waals surface area contributed by atoms with Crippen LogP contribution in [-0.4, -0.2) is 16.9 Å². The van der Waals surface area contributed by atoms with E-state index in [1.807, 2.05) is 6.92 Å². The molecule has 82 valence electrons. The second-order valence-electron chi connectivity index (χ2n) is 4.37. The zero-order valence-corrected chi connectivity index (χ0v) is 10.1. The minimum atomic E-state index is 0.0550. The molecule has 1 fully saturated rings. The smallest absolute Gasteiger partial charge is 0.263 e. The van der Waals surface area contributed by atoms with Crippen molar-refractivity contribution in [3.8, 4) is 0 Å². The summed E-state index contributed by atoms with van der Waals surface area (Å²) in [6, 6.07) is 0.418. The normalized spacial score (nSPS) is 15.7. The fourth-order valence-electron chi connectivity index (χ4n) is 1.35. The predicted molar refractivity (Wildman–Crippen MR) is 61.4 cm³/mol. The number of rotatable bonds is 3. The van der Waals surface area contributed by atoms with E-state index in [2.05, 4.69) is 24.1 Å². The third kappa shape index (κ3) is 2.37. The Morgan fingerprint density at radius 3 is 2.67 bits per heavy atom. The highest BCUT2D eigenvalue weighted by Gasteiger charge is 2.26. The van der Waals surface area contributed by atoms with Gasteiger partial charge in [0.05, 0.1) is 10.7 Å². The molecule has 0 aliphatic heterocycles. The van der Waals surface area contributed by atoms with Crippen LogP contribution >= 0.6 is 11.3 Å². The van der Waals surface area contributed by atoms with Crippen LogP contribution in [0.4, 0.5) is 0 Å². The number of amides is 1. The van der Waals surface area contributed by atoms with Crippen LogP contribution in [-0.2, 0) is 0 Å². The van der Waals surface area contributed by atoms with E-state index in [1.54, 1.807) is 0 Å². The molecule has 0 bridgehead atoms. The summed E-state index contributed by atoms with van der Waals surface area (Å²) in [5.41, 5.74) is 0.863. The van der Waals surface area contributed by atoms with E-state index in [9.17, 15) is 4.79 Å². The van der Waals surface area contributed by atoms with Crippen LogP contribution in [0.15, 0.2) is 0 Å². The lowest BCUT2D eigenvalue weighted by Gasteiger charge is -2.00. The van der Waals surface area contributed by atoms with E-state index < -0.39 is 0 Å². The molecule has 0 aromatic carbocycles. The monoisotopic (exact) mass is 224 g/mol. The summed E-state index contributed by atoms with van der Waals surface area (Å²) >= 11 is 1.52. The summed E-state index contributed by atoms with van der Waals surface area (Å²) in [7, 11) is 0. The summed E-state index contributed by atoms with van der Waals surface area (Å²) < 4.78 is 0. The van der Waals surface area contributed by atoms with Crippen LogP contribution in [0, 0.1) is 6.92 Å². The van der Waals surface area contributed by atoms with Gasteiger partial charge in [-0.1, -0.05) is 13.8 Å². The Kier molecular flexibility index (Phi) is 2.78. The largest absolute Gasteiger partial charge is 0.349 e. The van der Waals surface area contributed by atoms with Gasteiger partial charge in [-0.25, -0.2) is 4.98 Å². The molecule has 1 aliphatic carbocycles. The van der Waals surface area contributed by atoms with E-state index in [0.29, 0.717) is 12.0 Å². The molecule has 1 amide bonds. The first-order valence-corrected chi connectivity index (χ1v) is 6.17. The summed E-state index contributed by atoms with van der Waals surface area (Å²) in [5.74, 6) is 0.454. The van der Waals surface area contributed by atoms with Crippen molar-refractivity contribution in [2.75, 3.05) is 0 Å². The summed E-state index contributed by atoms with van der Waals surface area (Å²) in [5, 5.41) is 4.04. The molecule has 1 N–H and O–H groups in total. The second kappa shape index (κ2) is 3.93. The van der Waals surface area contributed by atoms with Crippen LogP contribution in [0.5, 0.6) is 0 Å². The van der Waals surface area contributed by atoms with Gasteiger partial charge in [-0.2, -0.15) is 0 Å². The average molecular weight is 224 g/mol. The maximum absolute atomic E-state index is 11.8. The minimum absolute atomic E-state index is 0.0550. The van der Waals surface area contributed by atoms with Gasteiger partial charge >= 0.3 is 0 Å². The number of nitrogens with zero attached hydrogens (tertiary/aromatic N) is 1. The first kappa shape index (κ1) is 10.6. The average Bonchev–Trinajstić information content (AvgIpc) is 2.86. The Labute approximate surface area is 93.9 Å². The number of hydrogen-bond donors (Lipinski definition) is 1. The Morgan fingerprint density at radius 2 is 2.20 bits per heavy atom. The van der Waals surface area contributed by atoms with Crippen LogP contribution in [0.2, 0.25) is 0 Å². The molecule has 0 saturated heterocycles. The lowest BCUT2D eigenvalue weighted by molar-refractivity contribution is 0.0954. The van der Waals surface area contributed by atoms with Crippen LogP contribution in [0.25, 0.3) is 0 Å². The standard InChI is InChI=1S/C11H16N2OS/c1-6(2)11-12-7(3)9(15-11)10(14)13-8-4-5-8/h6,8H,4-5H2,1-3H3,(H,13,14). The second-order valence-corrected chi connectivity index (χ2v) is 5.40. The molecule has 15 heavy (non-hydrogen) atoms. The van der Waals surface area contributed by atoms with Gasteiger partial charge < -0.3 is 5.32 Å². The number of aryl methyl sites for hydroxylation is 1. The van der Waals surface area contributed by atoms with E-state index >= 15 is 0 Å². The molecular formula is C11H16N2OS. The van der Waals surface area contributed by atoms with E-state index in [1.165, 1.54) is 11.3 Å². The van der Waals surface area contributed by atoms with Crippen LogP contribution in [0.1, 0.15) is 53.0 Å². The minimum Gasteiger partial charge on any atom is -0.349 e. The maximum atomic E-state index is 11.8. The molecule has 1 aliphatic rings. The molecule has 1 heterocycles. The Bertz CT molecular complexity index is 380. The van der Waals surface area contributed by atoms with E-state index in [0.717, 1.165) is 28.4 Å². The van der Waals surface area contributed by atoms with E-state index in [4.69, 9.17) is 0 Å².